The first-order valence-corrected chi connectivity index (χ1v) is 7.64. The highest BCUT2D eigenvalue weighted by Gasteiger charge is 2.27. The van der Waals surface area contributed by atoms with Crippen LogP contribution in [-0.2, 0) is 19.1 Å². The van der Waals surface area contributed by atoms with E-state index in [1.54, 1.807) is 26.0 Å². The summed E-state index contributed by atoms with van der Waals surface area (Å²) in [5, 5.41) is 12.3. The van der Waals surface area contributed by atoms with Crippen LogP contribution in [0.1, 0.15) is 36.2 Å². The molecule has 7 heteroatoms. The number of aryl methyl sites for hydroxylation is 1. The maximum atomic E-state index is 11.9. The van der Waals surface area contributed by atoms with E-state index in [0.717, 1.165) is 0 Å². The van der Waals surface area contributed by atoms with E-state index in [1.165, 1.54) is 13.2 Å². The number of carbonyl (C=O) groups excluding carboxylic acids is 3. The van der Waals surface area contributed by atoms with Crippen LogP contribution in [-0.4, -0.2) is 42.7 Å². The summed E-state index contributed by atoms with van der Waals surface area (Å²) in [6, 6.07) is 3.84. The quantitative estimate of drug-likeness (QED) is 0.732. The fraction of sp³-hybridized carbons (Fsp3) is 0.471. The summed E-state index contributed by atoms with van der Waals surface area (Å²) < 4.78 is 9.56. The zero-order valence-electron chi connectivity index (χ0n) is 14.3. The van der Waals surface area contributed by atoms with Crippen molar-refractivity contribution in [1.82, 2.24) is 5.32 Å². The molecule has 0 radical (unpaired) electrons. The number of nitrogens with one attached hydrogen (secondary N) is 1. The summed E-state index contributed by atoms with van der Waals surface area (Å²) in [7, 11) is 1.24. The molecule has 0 spiro atoms. The number of aromatic hydroxyl groups is 1. The third-order valence-electron chi connectivity index (χ3n) is 3.78. The Kier molecular flexibility index (Phi) is 7.23. The number of ether oxygens (including phenoxy) is 2. The van der Waals surface area contributed by atoms with Gasteiger partial charge in [-0.05, 0) is 24.5 Å². The van der Waals surface area contributed by atoms with Crippen LogP contribution >= 0.6 is 0 Å². The second kappa shape index (κ2) is 8.90. The van der Waals surface area contributed by atoms with E-state index in [2.05, 4.69) is 10.1 Å². The van der Waals surface area contributed by atoms with Gasteiger partial charge in [0.15, 0.2) is 6.61 Å². The lowest BCUT2D eigenvalue weighted by Gasteiger charge is -2.21. The zero-order valence-corrected chi connectivity index (χ0v) is 14.3. The largest absolute Gasteiger partial charge is 0.507 e. The van der Waals surface area contributed by atoms with Gasteiger partial charge in [0.25, 0.3) is 5.91 Å². The van der Waals surface area contributed by atoms with Gasteiger partial charge < -0.3 is 19.9 Å². The molecule has 0 heterocycles. The highest BCUT2D eigenvalue weighted by molar-refractivity contribution is 5.94. The van der Waals surface area contributed by atoms with Crippen LogP contribution in [0.4, 0.5) is 0 Å². The maximum absolute atomic E-state index is 11.9. The Morgan fingerprint density at radius 1 is 1.29 bits per heavy atom. The van der Waals surface area contributed by atoms with Crippen molar-refractivity contribution >= 4 is 17.8 Å². The number of amides is 1. The lowest BCUT2D eigenvalue weighted by molar-refractivity contribution is -0.147. The van der Waals surface area contributed by atoms with Crippen LogP contribution in [0.25, 0.3) is 0 Å². The number of esters is 2. The van der Waals surface area contributed by atoms with Crippen LogP contribution in [0.5, 0.6) is 5.75 Å². The Labute approximate surface area is 141 Å². The summed E-state index contributed by atoms with van der Waals surface area (Å²) in [5.41, 5.74) is 0.505. The minimum atomic E-state index is -0.815. The molecule has 7 nitrogen and oxygen atoms in total. The summed E-state index contributed by atoms with van der Waals surface area (Å²) in [5.74, 6) is -2.30. The van der Waals surface area contributed by atoms with Crippen molar-refractivity contribution in [3.05, 3.63) is 29.3 Å². The number of para-hydroxylation sites is 1. The van der Waals surface area contributed by atoms with Crippen molar-refractivity contribution in [3.8, 4) is 5.75 Å². The number of methoxy groups -OCH3 is 1. The lowest BCUT2D eigenvalue weighted by Crippen LogP contribution is -2.47. The van der Waals surface area contributed by atoms with Gasteiger partial charge in [0.05, 0.1) is 7.11 Å². The second-order valence-electron chi connectivity index (χ2n) is 5.50. The van der Waals surface area contributed by atoms with Crippen LogP contribution in [0, 0.1) is 12.8 Å². The number of rotatable bonds is 7. The molecule has 0 bridgehead atoms. The lowest BCUT2D eigenvalue weighted by atomic mass is 9.99. The molecule has 2 N–H and O–H groups in total. The Hall–Kier alpha value is -2.57. The summed E-state index contributed by atoms with van der Waals surface area (Å²) in [6.45, 7) is 4.77. The highest BCUT2D eigenvalue weighted by atomic mass is 16.5. The van der Waals surface area contributed by atoms with Crippen molar-refractivity contribution < 1.29 is 29.0 Å². The van der Waals surface area contributed by atoms with Gasteiger partial charge in [0.1, 0.15) is 17.4 Å². The van der Waals surface area contributed by atoms with Gasteiger partial charge in [-0.25, -0.2) is 9.59 Å². The van der Waals surface area contributed by atoms with E-state index in [-0.39, 0.29) is 17.2 Å². The van der Waals surface area contributed by atoms with Crippen LogP contribution in [0.2, 0.25) is 0 Å². The van der Waals surface area contributed by atoms with Crippen LogP contribution in [0.15, 0.2) is 18.2 Å². The van der Waals surface area contributed by atoms with Gasteiger partial charge in [-0.1, -0.05) is 32.4 Å². The molecule has 2 atom stereocenters. The Morgan fingerprint density at radius 3 is 2.54 bits per heavy atom. The fourth-order valence-corrected chi connectivity index (χ4v) is 2.04. The fourth-order valence-electron chi connectivity index (χ4n) is 2.04. The number of hydrogen-bond donors (Lipinski definition) is 2. The minimum absolute atomic E-state index is 0.0192. The molecule has 0 aliphatic rings. The average Bonchev–Trinajstić information content (AvgIpc) is 2.58. The molecule has 0 saturated heterocycles. The van der Waals surface area contributed by atoms with Gasteiger partial charge in [-0.3, -0.25) is 4.79 Å². The molecule has 1 aromatic carbocycles. The molecular weight excluding hydrogens is 314 g/mol. The van der Waals surface area contributed by atoms with Crippen LogP contribution < -0.4 is 5.32 Å². The summed E-state index contributed by atoms with van der Waals surface area (Å²) in [4.78, 5) is 35.6. The molecule has 0 unspecified atom stereocenters. The predicted octanol–water partition coefficient (Wildman–Crippen LogP) is 1.56. The smallest absolute Gasteiger partial charge is 0.342 e. The third kappa shape index (κ3) is 4.97. The van der Waals surface area contributed by atoms with Gasteiger partial charge in [0.2, 0.25) is 0 Å². The van der Waals surface area contributed by atoms with E-state index < -0.39 is 30.5 Å². The SMILES string of the molecule is CC[C@H](C)[C@@H](NC(=O)COC(=O)c1cccc(C)c1O)C(=O)OC. The molecule has 1 rings (SSSR count). The average molecular weight is 337 g/mol. The monoisotopic (exact) mass is 337 g/mol. The van der Waals surface area contributed by atoms with Crippen molar-refractivity contribution in [2.45, 2.75) is 33.2 Å². The third-order valence-corrected chi connectivity index (χ3v) is 3.78. The Balaban J connectivity index is 2.66. The molecule has 24 heavy (non-hydrogen) atoms. The molecule has 0 aliphatic heterocycles. The summed E-state index contributed by atoms with van der Waals surface area (Å²) in [6.07, 6.45) is 0.664. The molecule has 0 aliphatic carbocycles. The van der Waals surface area contributed by atoms with E-state index >= 15 is 0 Å². The van der Waals surface area contributed by atoms with Crippen molar-refractivity contribution in [3.63, 3.8) is 0 Å². The molecular formula is C17H23NO6. The molecule has 132 valence electrons. The van der Waals surface area contributed by atoms with Crippen molar-refractivity contribution in [2.24, 2.45) is 5.92 Å². The second-order valence-corrected chi connectivity index (χ2v) is 5.50. The maximum Gasteiger partial charge on any atom is 0.342 e. The first-order valence-electron chi connectivity index (χ1n) is 7.64. The Bertz CT molecular complexity index is 613. The Morgan fingerprint density at radius 2 is 1.96 bits per heavy atom. The van der Waals surface area contributed by atoms with E-state index in [4.69, 9.17) is 4.74 Å². The first-order chi connectivity index (χ1) is 11.3. The van der Waals surface area contributed by atoms with Crippen molar-refractivity contribution in [2.75, 3.05) is 13.7 Å². The molecule has 1 aromatic rings. The van der Waals surface area contributed by atoms with E-state index in [9.17, 15) is 19.5 Å². The summed E-state index contributed by atoms with van der Waals surface area (Å²) >= 11 is 0. The number of phenolic OH excluding ortho intramolecular Hbond substituents is 1. The molecule has 0 fully saturated rings. The molecule has 0 saturated carbocycles. The standard InChI is InChI=1S/C17H23NO6/c1-5-10(2)14(17(22)23-4)18-13(19)9-24-16(21)12-8-6-7-11(3)15(12)20/h6-8,10,14,20H,5,9H2,1-4H3,(H,18,19)/t10-,14+/m0/s1. The number of benzene rings is 1. The van der Waals surface area contributed by atoms with Gasteiger partial charge in [-0.15, -0.1) is 0 Å². The van der Waals surface area contributed by atoms with Gasteiger partial charge in [0, 0.05) is 0 Å². The van der Waals surface area contributed by atoms with E-state index in [1.807, 2.05) is 6.92 Å². The van der Waals surface area contributed by atoms with Gasteiger partial charge in [-0.2, -0.15) is 0 Å². The normalized spacial score (nSPS) is 12.8. The predicted molar refractivity (Wildman–Crippen MR) is 86.5 cm³/mol. The molecule has 0 aromatic heterocycles. The zero-order chi connectivity index (χ0) is 18.3. The van der Waals surface area contributed by atoms with E-state index in [0.29, 0.717) is 12.0 Å². The van der Waals surface area contributed by atoms with Crippen LogP contribution in [0.3, 0.4) is 0 Å². The first kappa shape index (κ1) is 19.5. The van der Waals surface area contributed by atoms with Crippen molar-refractivity contribution in [1.29, 1.82) is 0 Å². The topological polar surface area (TPSA) is 102 Å². The van der Waals surface area contributed by atoms with Gasteiger partial charge >= 0.3 is 11.9 Å². The highest BCUT2D eigenvalue weighted by Crippen LogP contribution is 2.22. The molecule has 1 amide bonds. The minimum Gasteiger partial charge on any atom is -0.507 e. The number of hydrogen-bond acceptors (Lipinski definition) is 6. The number of phenols is 1. The number of carbonyl (C=O) groups is 3.